The fourth-order valence-corrected chi connectivity index (χ4v) is 3.21. The maximum Gasteiger partial charge on any atom is 0.191 e. The fraction of sp³-hybridized carbons (Fsp3) is 0.545. The Morgan fingerprint density at radius 1 is 1.13 bits per heavy atom. The van der Waals surface area contributed by atoms with Crippen LogP contribution in [0.2, 0.25) is 0 Å². The lowest BCUT2D eigenvalue weighted by atomic mass is 9.84. The second-order valence-corrected chi connectivity index (χ2v) is 7.78. The second kappa shape index (κ2) is 11.4. The number of ether oxygens (including phenoxy) is 2. The van der Waals surface area contributed by atoms with Gasteiger partial charge in [0.25, 0.3) is 0 Å². The fourth-order valence-electron chi connectivity index (χ4n) is 3.21. The largest absolute Gasteiger partial charge is 0.493 e. The molecule has 30 heavy (non-hydrogen) atoms. The highest BCUT2D eigenvalue weighted by Crippen LogP contribution is 2.32. The van der Waals surface area contributed by atoms with Crippen molar-refractivity contribution in [1.29, 1.82) is 0 Å². The minimum absolute atomic E-state index is 0. The third-order valence-corrected chi connectivity index (χ3v) is 5.26. The summed E-state index contributed by atoms with van der Waals surface area (Å²) in [5.41, 5.74) is 4.37. The number of rotatable bonds is 8. The number of hydrogen-bond acceptors (Lipinski definition) is 4. The van der Waals surface area contributed by atoms with Crippen molar-refractivity contribution in [3.8, 4) is 11.5 Å². The van der Waals surface area contributed by atoms with Crippen LogP contribution in [0.1, 0.15) is 43.3 Å². The molecular weight excluding hydrogens is 493 g/mol. The number of halogens is 1. The zero-order chi connectivity index (χ0) is 21.6. The van der Waals surface area contributed by atoms with Gasteiger partial charge in [-0.15, -0.1) is 24.0 Å². The van der Waals surface area contributed by atoms with Crippen LogP contribution in [0, 0.1) is 13.8 Å². The van der Waals surface area contributed by atoms with E-state index in [1.807, 2.05) is 30.8 Å². The third-order valence-electron chi connectivity index (χ3n) is 5.26. The number of hydrogen-bond donors (Lipinski definition) is 2. The monoisotopic (exact) mass is 529 g/mol. The van der Waals surface area contributed by atoms with Crippen molar-refractivity contribution >= 4 is 29.9 Å². The number of methoxy groups -OCH3 is 2. The molecule has 0 spiro atoms. The maximum atomic E-state index is 5.46. The van der Waals surface area contributed by atoms with E-state index in [-0.39, 0.29) is 29.4 Å². The second-order valence-electron chi connectivity index (χ2n) is 7.78. The molecule has 2 aromatic rings. The molecule has 168 valence electrons. The van der Waals surface area contributed by atoms with E-state index in [1.165, 1.54) is 5.56 Å². The molecule has 0 saturated carbocycles. The zero-order valence-electron chi connectivity index (χ0n) is 19.4. The van der Waals surface area contributed by atoms with E-state index in [0.717, 1.165) is 47.5 Å². The summed E-state index contributed by atoms with van der Waals surface area (Å²) >= 11 is 0. The van der Waals surface area contributed by atoms with Crippen molar-refractivity contribution in [3.05, 3.63) is 40.7 Å². The quantitative estimate of drug-likeness (QED) is 0.310. The summed E-state index contributed by atoms with van der Waals surface area (Å²) in [7, 11) is 5.27. The van der Waals surface area contributed by atoms with E-state index >= 15 is 0 Å². The lowest BCUT2D eigenvalue weighted by Gasteiger charge is -2.27. The van der Waals surface area contributed by atoms with Crippen molar-refractivity contribution < 1.29 is 9.47 Å². The Bertz CT molecular complexity index is 861. The van der Waals surface area contributed by atoms with Gasteiger partial charge in [0, 0.05) is 36.8 Å². The van der Waals surface area contributed by atoms with E-state index in [2.05, 4.69) is 49.5 Å². The number of aryl methyl sites for hydroxylation is 2. The van der Waals surface area contributed by atoms with Gasteiger partial charge in [0.2, 0.25) is 0 Å². The van der Waals surface area contributed by atoms with Gasteiger partial charge < -0.3 is 20.1 Å². The Kier molecular flexibility index (Phi) is 9.93. The summed E-state index contributed by atoms with van der Waals surface area (Å²) in [5.74, 6) is 2.27. The van der Waals surface area contributed by atoms with Crippen LogP contribution in [0.4, 0.5) is 0 Å². The highest BCUT2D eigenvalue weighted by atomic mass is 127. The molecular formula is C22H36IN5O2. The molecule has 1 aromatic carbocycles. The number of nitrogens with one attached hydrogen (secondary N) is 2. The highest BCUT2D eigenvalue weighted by molar-refractivity contribution is 14.0. The van der Waals surface area contributed by atoms with Crippen LogP contribution in [0.3, 0.4) is 0 Å². The van der Waals surface area contributed by atoms with Crippen molar-refractivity contribution in [2.45, 2.75) is 46.6 Å². The van der Waals surface area contributed by atoms with Crippen LogP contribution >= 0.6 is 24.0 Å². The number of guanidine groups is 1. The molecule has 1 aromatic heterocycles. The summed E-state index contributed by atoms with van der Waals surface area (Å²) in [6, 6.07) is 6.06. The molecule has 0 saturated heterocycles. The van der Waals surface area contributed by atoms with Crippen LogP contribution in [0.5, 0.6) is 11.5 Å². The first kappa shape index (κ1) is 26.1. The minimum Gasteiger partial charge on any atom is -0.493 e. The van der Waals surface area contributed by atoms with Crippen LogP contribution in [-0.4, -0.2) is 43.0 Å². The van der Waals surface area contributed by atoms with Gasteiger partial charge in [-0.3, -0.25) is 4.68 Å². The van der Waals surface area contributed by atoms with Gasteiger partial charge >= 0.3 is 0 Å². The van der Waals surface area contributed by atoms with Gasteiger partial charge in [-0.25, -0.2) is 4.99 Å². The maximum absolute atomic E-state index is 5.46. The van der Waals surface area contributed by atoms with Crippen LogP contribution in [0.25, 0.3) is 0 Å². The summed E-state index contributed by atoms with van der Waals surface area (Å²) in [6.07, 6.45) is 0. The van der Waals surface area contributed by atoms with E-state index in [4.69, 9.17) is 14.5 Å². The summed E-state index contributed by atoms with van der Waals surface area (Å²) in [4.78, 5) is 4.77. The molecule has 0 aliphatic carbocycles. The molecule has 2 N–H and O–H groups in total. The molecule has 0 fully saturated rings. The Morgan fingerprint density at radius 2 is 1.80 bits per heavy atom. The van der Waals surface area contributed by atoms with Gasteiger partial charge in [-0.1, -0.05) is 19.9 Å². The minimum atomic E-state index is -0.129. The number of benzene rings is 1. The first-order valence-corrected chi connectivity index (χ1v) is 9.97. The smallest absolute Gasteiger partial charge is 0.191 e. The predicted molar refractivity (Wildman–Crippen MR) is 133 cm³/mol. The van der Waals surface area contributed by atoms with Gasteiger partial charge in [0.05, 0.1) is 26.5 Å². The van der Waals surface area contributed by atoms with Crippen LogP contribution in [0.15, 0.2) is 23.2 Å². The third kappa shape index (κ3) is 6.26. The SMILES string of the molecule is CCNC(=NCc1c(C)nn(C)c1C)NCC(C)(C)c1ccc(OC)c(OC)c1.I. The van der Waals surface area contributed by atoms with Gasteiger partial charge in [-0.2, -0.15) is 5.10 Å². The number of aliphatic imine (C=N–C) groups is 1. The van der Waals surface area contributed by atoms with Crippen molar-refractivity contribution in [2.75, 3.05) is 27.3 Å². The van der Waals surface area contributed by atoms with E-state index in [1.54, 1.807) is 14.2 Å². The average molecular weight is 529 g/mol. The first-order chi connectivity index (χ1) is 13.7. The number of aromatic nitrogens is 2. The normalized spacial score (nSPS) is 11.7. The lowest BCUT2D eigenvalue weighted by Crippen LogP contribution is -2.43. The number of nitrogens with zero attached hydrogens (tertiary/aromatic N) is 3. The standard InChI is InChI=1S/C22H35N5O2.HI/c1-9-23-21(24-13-18-15(2)26-27(6)16(18)3)25-14-22(4,5)17-10-11-19(28-7)20(12-17)29-8;/h10-12H,9,13-14H2,1-8H3,(H2,23,24,25);1H. The van der Waals surface area contributed by atoms with E-state index in [9.17, 15) is 0 Å². The Morgan fingerprint density at radius 3 is 2.33 bits per heavy atom. The van der Waals surface area contributed by atoms with Crippen molar-refractivity contribution in [2.24, 2.45) is 12.0 Å². The highest BCUT2D eigenvalue weighted by Gasteiger charge is 2.23. The van der Waals surface area contributed by atoms with E-state index < -0.39 is 0 Å². The average Bonchev–Trinajstić information content (AvgIpc) is 2.94. The lowest BCUT2D eigenvalue weighted by molar-refractivity contribution is 0.353. The Balaban J connectivity index is 0.00000450. The Hall–Kier alpha value is -1.97. The Labute approximate surface area is 197 Å². The topological polar surface area (TPSA) is 72.7 Å². The van der Waals surface area contributed by atoms with Gasteiger partial charge in [0.1, 0.15) is 0 Å². The van der Waals surface area contributed by atoms with Crippen LogP contribution < -0.4 is 20.1 Å². The first-order valence-electron chi connectivity index (χ1n) is 9.97. The van der Waals surface area contributed by atoms with Crippen molar-refractivity contribution in [3.63, 3.8) is 0 Å². The summed E-state index contributed by atoms with van der Waals surface area (Å²) in [5, 5.41) is 11.3. The van der Waals surface area contributed by atoms with Gasteiger partial charge in [-0.05, 0) is 38.5 Å². The molecule has 1 heterocycles. The van der Waals surface area contributed by atoms with E-state index in [0.29, 0.717) is 6.54 Å². The molecule has 0 unspecified atom stereocenters. The molecule has 7 nitrogen and oxygen atoms in total. The van der Waals surface area contributed by atoms with Gasteiger partial charge in [0.15, 0.2) is 17.5 Å². The zero-order valence-corrected chi connectivity index (χ0v) is 21.8. The summed E-state index contributed by atoms with van der Waals surface area (Å²) < 4.78 is 12.7. The molecule has 0 radical (unpaired) electrons. The molecule has 2 rings (SSSR count). The molecule has 0 atom stereocenters. The van der Waals surface area contributed by atoms with Crippen LogP contribution in [-0.2, 0) is 19.0 Å². The molecule has 8 heteroatoms. The predicted octanol–water partition coefficient (Wildman–Crippen LogP) is 3.71. The molecule has 0 bridgehead atoms. The summed E-state index contributed by atoms with van der Waals surface area (Å²) in [6.45, 7) is 12.7. The molecule has 0 amide bonds. The molecule has 0 aliphatic heterocycles. The molecule has 0 aliphatic rings. The van der Waals surface area contributed by atoms with Crippen molar-refractivity contribution in [1.82, 2.24) is 20.4 Å².